The summed E-state index contributed by atoms with van der Waals surface area (Å²) in [6.07, 6.45) is -0.153. The number of halogens is 3. The van der Waals surface area contributed by atoms with Crippen LogP contribution < -0.4 is 36.9 Å². The zero-order chi connectivity index (χ0) is 42.9. The van der Waals surface area contributed by atoms with E-state index >= 15 is 0 Å². The fourth-order valence-corrected chi connectivity index (χ4v) is 6.39. The molecule has 0 aliphatic carbocycles. The molecule has 1 aromatic heterocycles. The van der Waals surface area contributed by atoms with Crippen molar-refractivity contribution in [3.8, 4) is 11.5 Å². The molecule has 25 heteroatoms. The van der Waals surface area contributed by atoms with Crippen molar-refractivity contribution < 1.29 is 45.3 Å². The van der Waals surface area contributed by atoms with Crippen molar-refractivity contribution >= 4 is 119 Å². The van der Waals surface area contributed by atoms with Crippen LogP contribution in [-0.2, 0) is 20.2 Å². The van der Waals surface area contributed by atoms with Crippen molar-refractivity contribution in [1.82, 2.24) is 15.0 Å². The first-order valence-electron chi connectivity index (χ1n) is 16.8. The molecule has 0 fully saturated rings. The highest BCUT2D eigenvalue weighted by Crippen LogP contribution is 2.39. The first kappa shape index (κ1) is 44.4. The van der Waals surface area contributed by atoms with Crippen LogP contribution >= 0.6 is 34.8 Å². The number of nitrogens with one attached hydrogen (secondary N) is 3. The van der Waals surface area contributed by atoms with Crippen molar-refractivity contribution in [3.63, 3.8) is 0 Å². The molecular formula is C34H33Cl3N10O10S2. The largest absolute Gasteiger partial charge is 0.491 e. The van der Waals surface area contributed by atoms with Crippen LogP contribution in [0.1, 0.15) is 23.2 Å². The maximum Gasteiger partial charge on any atom is 0.337 e. The van der Waals surface area contributed by atoms with E-state index in [1.165, 1.54) is 42.5 Å². The van der Waals surface area contributed by atoms with Gasteiger partial charge in [0.25, 0.3) is 20.2 Å². The van der Waals surface area contributed by atoms with E-state index in [2.05, 4.69) is 41.1 Å². The van der Waals surface area contributed by atoms with Crippen LogP contribution in [0, 0.1) is 0 Å². The summed E-state index contributed by atoms with van der Waals surface area (Å²) in [5.41, 5.74) is 13.6. The summed E-state index contributed by atoms with van der Waals surface area (Å²) in [5, 5.41) is 26.7. The van der Waals surface area contributed by atoms with Gasteiger partial charge in [0.2, 0.25) is 17.8 Å². The molecular weight excluding hydrogens is 879 g/mol. The van der Waals surface area contributed by atoms with E-state index in [4.69, 9.17) is 60.3 Å². The van der Waals surface area contributed by atoms with Crippen LogP contribution in [0.25, 0.3) is 0 Å². The number of ether oxygens (including phenoxy) is 2. The minimum Gasteiger partial charge on any atom is -0.491 e. The number of nitrogens with zero attached hydrogens (tertiary/aromatic N) is 5. The van der Waals surface area contributed by atoms with Gasteiger partial charge in [-0.25, -0.2) is 4.79 Å². The van der Waals surface area contributed by atoms with Gasteiger partial charge in [-0.1, -0.05) is 34.8 Å². The second-order valence-electron chi connectivity index (χ2n) is 12.1. The maximum atomic E-state index is 11.4. The third kappa shape index (κ3) is 13.7. The topological polar surface area (TPSA) is 316 Å². The fraction of sp³-hybridized carbons (Fsp3) is 0.176. The predicted octanol–water partition coefficient (Wildman–Crippen LogP) is 7.65. The maximum absolute atomic E-state index is 11.4. The average Bonchev–Trinajstić information content (AvgIpc) is 3.14. The third-order valence-electron chi connectivity index (χ3n) is 7.51. The number of carbonyl (C=O) groups is 1. The Morgan fingerprint density at radius 1 is 0.678 bits per heavy atom. The number of hydrogen-bond donors (Lipinski definition) is 8. The lowest BCUT2D eigenvalue weighted by atomic mass is 10.2. The molecule has 0 bridgehead atoms. The van der Waals surface area contributed by atoms with E-state index in [9.17, 15) is 31.3 Å². The van der Waals surface area contributed by atoms with Gasteiger partial charge in [-0.15, -0.1) is 5.11 Å². The van der Waals surface area contributed by atoms with Crippen molar-refractivity contribution in [2.24, 2.45) is 10.2 Å². The average molecular weight is 912 g/mol. The van der Waals surface area contributed by atoms with Gasteiger partial charge >= 0.3 is 5.97 Å². The van der Waals surface area contributed by atoms with E-state index in [0.29, 0.717) is 11.4 Å². The summed E-state index contributed by atoms with van der Waals surface area (Å²) in [5.74, 6) is -2.33. The molecule has 4 aromatic carbocycles. The van der Waals surface area contributed by atoms with E-state index in [1.54, 1.807) is 24.3 Å². The number of hydrogen-bond acceptors (Lipinski definition) is 17. The van der Waals surface area contributed by atoms with Gasteiger partial charge in [-0.3, -0.25) is 9.11 Å². The lowest BCUT2D eigenvalue weighted by molar-refractivity contribution is 0.0697. The van der Waals surface area contributed by atoms with E-state index < -0.39 is 37.7 Å². The quantitative estimate of drug-likeness (QED) is 0.0171. The third-order valence-corrected chi connectivity index (χ3v) is 10.1. The van der Waals surface area contributed by atoms with Gasteiger partial charge in [-0.05, 0) is 67.4 Å². The monoisotopic (exact) mass is 910 g/mol. The summed E-state index contributed by atoms with van der Waals surface area (Å²) in [6, 6.07) is 16.2. The van der Waals surface area contributed by atoms with Crippen LogP contribution in [-0.4, -0.2) is 76.7 Å². The first-order valence-corrected chi connectivity index (χ1v) is 21.1. The van der Waals surface area contributed by atoms with Gasteiger partial charge < -0.3 is 42.0 Å². The predicted molar refractivity (Wildman–Crippen MR) is 223 cm³/mol. The van der Waals surface area contributed by atoms with E-state index in [-0.39, 0.29) is 104 Å². The summed E-state index contributed by atoms with van der Waals surface area (Å²) < 4.78 is 75.1. The van der Waals surface area contributed by atoms with Crippen LogP contribution in [0.15, 0.2) is 77.0 Å². The molecule has 5 rings (SSSR count). The molecule has 1 heterocycles. The fourth-order valence-electron chi connectivity index (χ4n) is 4.80. The Hall–Kier alpha value is -5.75. The molecule has 0 radical (unpaired) electrons. The minimum atomic E-state index is -4.29. The molecule has 0 saturated carbocycles. The number of nitrogens with two attached hydrogens (primary N) is 2. The lowest BCUT2D eigenvalue weighted by Crippen LogP contribution is -2.11. The number of benzene rings is 4. The number of aromatic nitrogens is 3. The molecule has 0 spiro atoms. The Kier molecular flexibility index (Phi) is 14.5. The number of carboxylic acid groups (broad SMARTS) is 1. The molecule has 312 valence electrons. The molecule has 5 aromatic rings. The summed E-state index contributed by atoms with van der Waals surface area (Å²) in [6.45, 7) is -0.324. The normalized spacial score (nSPS) is 11.7. The Labute approximate surface area is 351 Å². The minimum absolute atomic E-state index is 0.00616. The smallest absolute Gasteiger partial charge is 0.337 e. The zero-order valence-electron chi connectivity index (χ0n) is 30.1. The molecule has 10 N–H and O–H groups in total. The summed E-state index contributed by atoms with van der Waals surface area (Å²) in [4.78, 5) is 24.8. The number of anilines is 8. The number of azo groups is 1. The molecule has 59 heavy (non-hydrogen) atoms. The standard InChI is InChI=1S/C34H33Cl3N10O10S2/c35-22-13-20(7-8-21(22)31(48)49)46-47-26-17-30(57-10-2-12-59(53,54)55)28(15-24(26)37)42-34-44-32(40-19-5-3-18(38)4-6-19)43-33(45-34)41-27-14-23(36)25(39)16-29(27)56-9-1-11-58(50,51)52/h3-8,13-17H,1-2,9-12,38-39H2,(H,48,49)(H,50,51,52)(H,53,54,55)(H3,40,41,42,43,44,45). The summed E-state index contributed by atoms with van der Waals surface area (Å²) >= 11 is 19.0. The zero-order valence-corrected chi connectivity index (χ0v) is 34.0. The van der Waals surface area contributed by atoms with Crippen LogP contribution in [0.2, 0.25) is 15.1 Å². The Bertz CT molecular complexity index is 2610. The number of carboxylic acids is 1. The second-order valence-corrected chi connectivity index (χ2v) is 16.5. The number of nitrogen functional groups attached to an aromatic ring is 2. The highest BCUT2D eigenvalue weighted by molar-refractivity contribution is 7.86. The van der Waals surface area contributed by atoms with Crippen molar-refractivity contribution in [3.05, 3.63) is 87.4 Å². The molecule has 20 nitrogen and oxygen atoms in total. The molecule has 0 unspecified atom stereocenters. The van der Waals surface area contributed by atoms with Crippen LogP contribution in [0.5, 0.6) is 11.5 Å². The van der Waals surface area contributed by atoms with Gasteiger partial charge in [0.15, 0.2) is 0 Å². The van der Waals surface area contributed by atoms with Crippen molar-refractivity contribution in [1.29, 1.82) is 0 Å². The van der Waals surface area contributed by atoms with Crippen LogP contribution in [0.3, 0.4) is 0 Å². The molecule has 0 aliphatic heterocycles. The summed E-state index contributed by atoms with van der Waals surface area (Å²) in [7, 11) is -8.52. The van der Waals surface area contributed by atoms with Gasteiger partial charge in [0, 0.05) is 23.5 Å². The Balaban J connectivity index is 1.51. The lowest BCUT2D eigenvalue weighted by Gasteiger charge is -2.17. The van der Waals surface area contributed by atoms with Crippen molar-refractivity contribution in [2.75, 3.05) is 52.1 Å². The first-order chi connectivity index (χ1) is 27.8. The van der Waals surface area contributed by atoms with E-state index in [1.807, 2.05) is 0 Å². The molecule has 0 saturated heterocycles. The SMILES string of the molecule is Nc1ccc(Nc2nc(Nc3cc(Cl)c(N)cc3OCCCS(=O)(=O)O)nc(Nc3cc(Cl)c(N=Nc4ccc(C(=O)O)c(Cl)c4)cc3OCCCS(=O)(=O)O)n2)cc1. The highest BCUT2D eigenvalue weighted by Gasteiger charge is 2.18. The van der Waals surface area contributed by atoms with Gasteiger partial charge in [0.1, 0.15) is 17.2 Å². The highest BCUT2D eigenvalue weighted by atomic mass is 35.5. The van der Waals surface area contributed by atoms with Gasteiger partial charge in [-0.2, -0.15) is 36.9 Å². The Morgan fingerprint density at radius 3 is 1.73 bits per heavy atom. The van der Waals surface area contributed by atoms with E-state index in [0.717, 1.165) is 0 Å². The number of aromatic carboxylic acids is 1. The molecule has 0 atom stereocenters. The molecule has 0 aliphatic rings. The Morgan fingerprint density at radius 2 is 1.20 bits per heavy atom. The second kappa shape index (κ2) is 19.3. The van der Waals surface area contributed by atoms with Crippen LogP contribution in [0.4, 0.5) is 57.7 Å². The number of rotatable bonds is 19. The van der Waals surface area contributed by atoms with Gasteiger partial charge in [0.05, 0.1) is 68.1 Å². The molecule has 0 amide bonds. The van der Waals surface area contributed by atoms with Crippen molar-refractivity contribution in [2.45, 2.75) is 12.8 Å².